The number of nitrogens with one attached hydrogen (secondary N) is 2. The summed E-state index contributed by atoms with van der Waals surface area (Å²) in [6.07, 6.45) is 2.36. The molecule has 0 aliphatic rings. The van der Waals surface area contributed by atoms with E-state index in [0.29, 0.717) is 23.3 Å². The van der Waals surface area contributed by atoms with Gasteiger partial charge in [0.25, 0.3) is 0 Å². The van der Waals surface area contributed by atoms with Gasteiger partial charge in [-0.3, -0.25) is 0 Å². The lowest BCUT2D eigenvalue weighted by Crippen LogP contribution is -2.10. The molecule has 0 bridgehead atoms. The van der Waals surface area contributed by atoms with Crippen molar-refractivity contribution in [3.63, 3.8) is 0 Å². The molecule has 0 aliphatic heterocycles. The van der Waals surface area contributed by atoms with Crippen molar-refractivity contribution in [2.75, 3.05) is 24.3 Å². The molecule has 7 heteroatoms. The van der Waals surface area contributed by atoms with Crippen LogP contribution in [0.1, 0.15) is 5.56 Å². The Hall–Kier alpha value is -2.86. The van der Waals surface area contributed by atoms with Crippen LogP contribution < -0.4 is 15.4 Å². The first-order valence-electron chi connectivity index (χ1n) is 7.82. The van der Waals surface area contributed by atoms with Crippen LogP contribution in [-0.4, -0.2) is 28.8 Å². The molecule has 0 aliphatic carbocycles. The molecule has 0 saturated carbocycles. The molecule has 128 valence electrons. The van der Waals surface area contributed by atoms with Gasteiger partial charge in [0, 0.05) is 17.3 Å². The summed E-state index contributed by atoms with van der Waals surface area (Å²) in [6.45, 7) is 0.673. The van der Waals surface area contributed by atoms with Crippen molar-refractivity contribution in [3.05, 3.63) is 65.3 Å². The maximum absolute atomic E-state index is 5.88. The first-order valence-corrected chi connectivity index (χ1v) is 8.20. The van der Waals surface area contributed by atoms with Crippen LogP contribution in [0.25, 0.3) is 0 Å². The Balaban J connectivity index is 1.59. The number of para-hydroxylation sites is 1. The molecule has 2 N–H and O–H groups in total. The largest absolute Gasteiger partial charge is 0.496 e. The van der Waals surface area contributed by atoms with Gasteiger partial charge >= 0.3 is 0 Å². The molecule has 2 aromatic carbocycles. The van der Waals surface area contributed by atoms with Crippen LogP contribution in [0.3, 0.4) is 0 Å². The van der Waals surface area contributed by atoms with E-state index < -0.39 is 0 Å². The lowest BCUT2D eigenvalue weighted by atomic mass is 10.1. The minimum atomic E-state index is 0.467. The highest BCUT2D eigenvalue weighted by molar-refractivity contribution is 6.30. The van der Waals surface area contributed by atoms with Crippen molar-refractivity contribution in [1.29, 1.82) is 0 Å². The van der Waals surface area contributed by atoms with Crippen molar-refractivity contribution in [2.45, 2.75) is 6.42 Å². The first-order chi connectivity index (χ1) is 12.2. The van der Waals surface area contributed by atoms with Crippen molar-refractivity contribution in [3.8, 4) is 5.75 Å². The van der Waals surface area contributed by atoms with Gasteiger partial charge in [0.2, 0.25) is 5.95 Å². The topological polar surface area (TPSA) is 72.0 Å². The van der Waals surface area contributed by atoms with E-state index in [1.807, 2.05) is 48.5 Å². The minimum Gasteiger partial charge on any atom is -0.496 e. The molecule has 6 nitrogen and oxygen atoms in total. The molecule has 0 saturated heterocycles. The third-order valence-corrected chi connectivity index (χ3v) is 3.80. The van der Waals surface area contributed by atoms with E-state index in [1.165, 1.54) is 0 Å². The molecule has 3 aromatic rings. The number of ether oxygens (including phenoxy) is 1. The van der Waals surface area contributed by atoms with E-state index in [1.54, 1.807) is 13.3 Å². The summed E-state index contributed by atoms with van der Waals surface area (Å²) in [5.74, 6) is 1.95. The molecular weight excluding hydrogens is 338 g/mol. The molecule has 0 amide bonds. The zero-order valence-electron chi connectivity index (χ0n) is 13.7. The van der Waals surface area contributed by atoms with Gasteiger partial charge in [-0.25, -0.2) is 0 Å². The SMILES string of the molecule is COc1ccccc1CCNc1nncc(Nc2ccc(Cl)cc2)n1. The van der Waals surface area contributed by atoms with Gasteiger partial charge in [0.1, 0.15) is 5.75 Å². The standard InChI is InChI=1S/C18H18ClN5O/c1-25-16-5-3-2-4-13(16)10-11-20-18-23-17(12-21-24-18)22-15-8-6-14(19)7-9-15/h2-9,12H,10-11H2,1H3,(H2,20,22,23,24). The van der Waals surface area contributed by atoms with Gasteiger partial charge < -0.3 is 15.4 Å². The zero-order valence-corrected chi connectivity index (χ0v) is 14.5. The predicted octanol–water partition coefficient (Wildman–Crippen LogP) is 3.93. The Labute approximate surface area is 151 Å². The summed E-state index contributed by atoms with van der Waals surface area (Å²) in [7, 11) is 1.67. The lowest BCUT2D eigenvalue weighted by molar-refractivity contribution is 0.410. The Morgan fingerprint density at radius 1 is 1.08 bits per heavy atom. The smallest absolute Gasteiger partial charge is 0.244 e. The van der Waals surface area contributed by atoms with Crippen molar-refractivity contribution in [1.82, 2.24) is 15.2 Å². The van der Waals surface area contributed by atoms with E-state index >= 15 is 0 Å². The third kappa shape index (κ3) is 4.81. The zero-order chi connectivity index (χ0) is 17.5. The highest BCUT2D eigenvalue weighted by atomic mass is 35.5. The second-order valence-corrected chi connectivity index (χ2v) is 5.72. The number of anilines is 3. The van der Waals surface area contributed by atoms with E-state index in [2.05, 4.69) is 25.8 Å². The fourth-order valence-electron chi connectivity index (χ4n) is 2.34. The van der Waals surface area contributed by atoms with Crippen LogP contribution in [0, 0.1) is 0 Å². The number of rotatable bonds is 7. The fraction of sp³-hybridized carbons (Fsp3) is 0.167. The van der Waals surface area contributed by atoms with E-state index in [0.717, 1.165) is 23.4 Å². The fourth-order valence-corrected chi connectivity index (χ4v) is 2.46. The first kappa shape index (κ1) is 17.0. The number of hydrogen-bond donors (Lipinski definition) is 2. The molecule has 0 atom stereocenters. The Morgan fingerprint density at radius 2 is 1.88 bits per heavy atom. The summed E-state index contributed by atoms with van der Waals surface area (Å²) in [6, 6.07) is 15.3. The summed E-state index contributed by atoms with van der Waals surface area (Å²) >= 11 is 5.88. The summed E-state index contributed by atoms with van der Waals surface area (Å²) in [4.78, 5) is 4.40. The van der Waals surface area contributed by atoms with Gasteiger partial charge in [-0.05, 0) is 42.3 Å². The van der Waals surface area contributed by atoms with Gasteiger partial charge in [0.15, 0.2) is 5.82 Å². The normalized spacial score (nSPS) is 10.3. The highest BCUT2D eigenvalue weighted by Crippen LogP contribution is 2.19. The second kappa shape index (κ2) is 8.30. The predicted molar refractivity (Wildman–Crippen MR) is 99.7 cm³/mol. The Kier molecular flexibility index (Phi) is 5.64. The highest BCUT2D eigenvalue weighted by Gasteiger charge is 2.04. The number of aromatic nitrogens is 3. The van der Waals surface area contributed by atoms with Crippen LogP contribution in [0.15, 0.2) is 54.7 Å². The summed E-state index contributed by atoms with van der Waals surface area (Å²) < 4.78 is 5.35. The maximum Gasteiger partial charge on any atom is 0.244 e. The maximum atomic E-state index is 5.88. The summed E-state index contributed by atoms with van der Waals surface area (Å²) in [5, 5.41) is 15.0. The molecule has 0 unspecified atom stereocenters. The lowest BCUT2D eigenvalue weighted by Gasteiger charge is -2.09. The molecule has 0 radical (unpaired) electrons. The Bertz CT molecular complexity index is 826. The number of halogens is 1. The molecule has 0 fully saturated rings. The molecule has 1 heterocycles. The molecule has 3 rings (SSSR count). The van der Waals surface area contributed by atoms with Crippen molar-refractivity contribution < 1.29 is 4.74 Å². The third-order valence-electron chi connectivity index (χ3n) is 3.55. The minimum absolute atomic E-state index is 0.467. The second-order valence-electron chi connectivity index (χ2n) is 5.29. The average molecular weight is 356 g/mol. The quantitative estimate of drug-likeness (QED) is 0.669. The van der Waals surface area contributed by atoms with Gasteiger partial charge in [-0.2, -0.15) is 10.1 Å². The van der Waals surface area contributed by atoms with Gasteiger partial charge in [-0.15, -0.1) is 5.10 Å². The van der Waals surface area contributed by atoms with Gasteiger partial charge in [-0.1, -0.05) is 29.8 Å². The number of hydrogen-bond acceptors (Lipinski definition) is 6. The van der Waals surface area contributed by atoms with Crippen molar-refractivity contribution >= 4 is 29.1 Å². The van der Waals surface area contributed by atoms with Crippen LogP contribution >= 0.6 is 11.6 Å². The molecule has 25 heavy (non-hydrogen) atoms. The van der Waals surface area contributed by atoms with Crippen LogP contribution in [0.4, 0.5) is 17.5 Å². The monoisotopic (exact) mass is 355 g/mol. The van der Waals surface area contributed by atoms with Crippen molar-refractivity contribution in [2.24, 2.45) is 0 Å². The summed E-state index contributed by atoms with van der Waals surface area (Å²) in [5.41, 5.74) is 2.01. The van der Waals surface area contributed by atoms with Gasteiger partial charge in [0.05, 0.1) is 13.3 Å². The number of benzene rings is 2. The van der Waals surface area contributed by atoms with E-state index in [9.17, 15) is 0 Å². The number of nitrogens with zero attached hydrogens (tertiary/aromatic N) is 3. The van der Waals surface area contributed by atoms with Crippen LogP contribution in [-0.2, 0) is 6.42 Å². The molecular formula is C18H18ClN5O. The molecule has 1 aromatic heterocycles. The van der Waals surface area contributed by atoms with Crippen LogP contribution in [0.5, 0.6) is 5.75 Å². The van der Waals surface area contributed by atoms with E-state index in [4.69, 9.17) is 16.3 Å². The van der Waals surface area contributed by atoms with Crippen LogP contribution in [0.2, 0.25) is 5.02 Å². The van der Waals surface area contributed by atoms with E-state index in [-0.39, 0.29) is 0 Å². The average Bonchev–Trinajstić information content (AvgIpc) is 2.64. The Morgan fingerprint density at radius 3 is 2.68 bits per heavy atom. The molecule has 0 spiro atoms. The number of methoxy groups -OCH3 is 1.